The number of nitrogens with one attached hydrogen (secondary N) is 1. The fourth-order valence-corrected chi connectivity index (χ4v) is 5.71. The third-order valence-corrected chi connectivity index (χ3v) is 7.75. The number of aromatic nitrogens is 1. The molecule has 0 bridgehead atoms. The lowest BCUT2D eigenvalue weighted by Gasteiger charge is -2.39. The molecule has 10 nitrogen and oxygen atoms in total. The van der Waals surface area contributed by atoms with Gasteiger partial charge in [0.05, 0.1) is 16.8 Å². The highest BCUT2D eigenvalue weighted by Gasteiger charge is 2.71. The van der Waals surface area contributed by atoms with Gasteiger partial charge in [-0.15, -0.1) is 0 Å². The summed E-state index contributed by atoms with van der Waals surface area (Å²) < 4.78 is 24.4. The molecule has 2 fully saturated rings. The second-order valence-corrected chi connectivity index (χ2v) is 9.59. The zero-order chi connectivity index (χ0) is 20.9. The van der Waals surface area contributed by atoms with Crippen LogP contribution in [0.3, 0.4) is 0 Å². The average molecular weight is 408 g/mol. The van der Waals surface area contributed by atoms with Crippen molar-refractivity contribution in [2.75, 3.05) is 13.1 Å². The van der Waals surface area contributed by atoms with E-state index < -0.39 is 43.8 Å². The maximum Gasteiger partial charge on any atom is 0.328 e. The van der Waals surface area contributed by atoms with Crippen LogP contribution in [-0.2, 0) is 24.2 Å². The monoisotopic (exact) mass is 408 g/mol. The molecule has 3 heterocycles. The van der Waals surface area contributed by atoms with E-state index in [0.29, 0.717) is 0 Å². The summed E-state index contributed by atoms with van der Waals surface area (Å²) >= 11 is 0. The Labute approximate surface area is 161 Å². The van der Waals surface area contributed by atoms with Gasteiger partial charge < -0.3 is 21.1 Å². The third kappa shape index (κ3) is 2.61. The van der Waals surface area contributed by atoms with E-state index in [-0.39, 0.29) is 29.9 Å². The summed E-state index contributed by atoms with van der Waals surface area (Å²) in [5.74, 6) is -2.93. The summed E-state index contributed by atoms with van der Waals surface area (Å²) in [5.41, 5.74) is 5.05. The van der Waals surface area contributed by atoms with Gasteiger partial charge in [-0.05, 0) is 26.0 Å². The molecule has 2 aliphatic rings. The second-order valence-electron chi connectivity index (χ2n) is 7.00. The third-order valence-electron chi connectivity index (χ3n) is 5.01. The summed E-state index contributed by atoms with van der Waals surface area (Å²) in [5, 5.41) is 10.5. The van der Waals surface area contributed by atoms with E-state index in [1.165, 1.54) is 26.1 Å². The van der Waals surface area contributed by atoms with Crippen LogP contribution in [0.4, 0.5) is 0 Å². The molecule has 2 atom stereocenters. The number of fused-ring (bicyclic) bond motifs is 1. The molecule has 0 aliphatic carbocycles. The molecule has 4 N–H and O–H groups in total. The van der Waals surface area contributed by atoms with Gasteiger partial charge in [0.25, 0.3) is 11.8 Å². The van der Waals surface area contributed by atoms with Crippen molar-refractivity contribution in [1.82, 2.24) is 15.2 Å². The number of hydrogen-bond acceptors (Lipinski definition) is 7. The molecule has 1 aromatic rings. The molecular formula is C17H20N4O6S. The molecule has 2 aliphatic heterocycles. The number of nitrogens with two attached hydrogens (primary N) is 1. The number of carbonyl (C=O) groups is 3. The summed E-state index contributed by atoms with van der Waals surface area (Å²) in [7, 11) is -4.12. The number of carbonyl (C=O) groups excluding carboxylic acids is 2. The lowest BCUT2D eigenvalue weighted by Crippen LogP contribution is -2.59. The fraction of sp³-hybridized carbons (Fsp3) is 0.412. The molecule has 2 saturated heterocycles. The van der Waals surface area contributed by atoms with Crippen LogP contribution in [0.25, 0.3) is 5.57 Å². The van der Waals surface area contributed by atoms with E-state index in [4.69, 9.17) is 5.73 Å². The number of β-lactam (4-membered cyclic amide) rings is 1. The van der Waals surface area contributed by atoms with Gasteiger partial charge in [-0.3, -0.25) is 14.6 Å². The van der Waals surface area contributed by atoms with Gasteiger partial charge in [0.15, 0.2) is 21.3 Å². The number of carboxylic acid groups (broad SMARTS) is 1. The second kappa shape index (κ2) is 6.67. The van der Waals surface area contributed by atoms with Gasteiger partial charge in [-0.1, -0.05) is 6.07 Å². The van der Waals surface area contributed by atoms with Gasteiger partial charge in [-0.25, -0.2) is 13.2 Å². The predicted octanol–water partition coefficient (Wildman–Crippen LogP) is -1.26. The molecule has 3 rings (SSSR count). The first-order chi connectivity index (χ1) is 13.1. The highest BCUT2D eigenvalue weighted by atomic mass is 32.2. The maximum absolute atomic E-state index is 13.1. The van der Waals surface area contributed by atoms with Crippen molar-refractivity contribution in [2.45, 2.75) is 30.0 Å². The van der Waals surface area contributed by atoms with E-state index in [2.05, 4.69) is 10.3 Å². The lowest BCUT2D eigenvalue weighted by atomic mass is 9.91. The summed E-state index contributed by atoms with van der Waals surface area (Å²) in [4.78, 5) is 42.1. The molecular weight excluding hydrogens is 388 g/mol. The lowest BCUT2D eigenvalue weighted by molar-refractivity contribution is -0.152. The molecule has 0 radical (unpaired) electrons. The quantitative estimate of drug-likeness (QED) is 0.402. The molecule has 1 aromatic heterocycles. The molecule has 28 heavy (non-hydrogen) atoms. The highest BCUT2D eigenvalue weighted by Crippen LogP contribution is 2.50. The number of carboxylic acids is 1. The SMILES string of the molecule is CC1(C)[C@H](C(=O)O)N2C(=O)/C(=C(\C(=O)NCCN)c3ccccn3)C2S1(=O)=O. The van der Waals surface area contributed by atoms with Crippen LogP contribution in [-0.4, -0.2) is 70.4 Å². The highest BCUT2D eigenvalue weighted by molar-refractivity contribution is 7.94. The standard InChI is InChI=1S/C17H20N4O6S/c1-17(2)12(16(24)25)21-14(23)11(15(21)28(17,26)27)10(13(22)20-8-6-18)9-5-3-4-7-19-9/h3-5,7,12,15H,6,8,18H2,1-2H3,(H,20,22)(H,24,25)/b11-10+/t12-,15?/m0/s1. The van der Waals surface area contributed by atoms with Crippen molar-refractivity contribution in [3.05, 3.63) is 35.7 Å². The van der Waals surface area contributed by atoms with Gasteiger partial charge in [-0.2, -0.15) is 0 Å². The van der Waals surface area contributed by atoms with Gasteiger partial charge >= 0.3 is 5.97 Å². The number of aliphatic carboxylic acids is 1. The maximum atomic E-state index is 13.1. The Morgan fingerprint density at radius 2 is 2.04 bits per heavy atom. The molecule has 11 heteroatoms. The minimum absolute atomic E-state index is 0.112. The number of rotatable bonds is 5. The average Bonchev–Trinajstić information content (AvgIpc) is 2.78. The van der Waals surface area contributed by atoms with Crippen LogP contribution in [0.15, 0.2) is 30.0 Å². The van der Waals surface area contributed by atoms with Gasteiger partial charge in [0.1, 0.15) is 4.75 Å². The Morgan fingerprint density at radius 3 is 2.57 bits per heavy atom. The van der Waals surface area contributed by atoms with Crippen molar-refractivity contribution in [1.29, 1.82) is 0 Å². The minimum Gasteiger partial charge on any atom is -0.480 e. The van der Waals surface area contributed by atoms with E-state index >= 15 is 0 Å². The van der Waals surface area contributed by atoms with Crippen LogP contribution in [0.5, 0.6) is 0 Å². The number of pyridine rings is 1. The largest absolute Gasteiger partial charge is 0.480 e. The topological polar surface area (TPSA) is 160 Å². The molecule has 0 saturated carbocycles. The van der Waals surface area contributed by atoms with Crippen molar-refractivity contribution in [3.63, 3.8) is 0 Å². The zero-order valence-electron chi connectivity index (χ0n) is 15.2. The van der Waals surface area contributed by atoms with Crippen molar-refractivity contribution in [3.8, 4) is 0 Å². The van der Waals surface area contributed by atoms with Crippen molar-refractivity contribution >= 4 is 33.2 Å². The van der Waals surface area contributed by atoms with E-state index in [0.717, 1.165) is 4.90 Å². The number of sulfone groups is 1. The summed E-state index contributed by atoms with van der Waals surface area (Å²) in [6, 6.07) is 3.12. The number of hydrogen-bond donors (Lipinski definition) is 3. The van der Waals surface area contributed by atoms with Crippen LogP contribution in [0, 0.1) is 0 Å². The summed E-state index contributed by atoms with van der Waals surface area (Å²) in [6.07, 6.45) is 1.40. The molecule has 1 unspecified atom stereocenters. The number of amides is 2. The predicted molar refractivity (Wildman–Crippen MR) is 98.3 cm³/mol. The van der Waals surface area contributed by atoms with Crippen molar-refractivity contribution < 1.29 is 27.9 Å². The minimum atomic E-state index is -4.12. The smallest absolute Gasteiger partial charge is 0.328 e. The Bertz CT molecular complexity index is 986. The molecule has 0 aromatic carbocycles. The normalized spacial score (nSPS) is 26.2. The van der Waals surface area contributed by atoms with Crippen LogP contribution in [0.1, 0.15) is 19.5 Å². The van der Waals surface area contributed by atoms with E-state index in [1.807, 2.05) is 0 Å². The van der Waals surface area contributed by atoms with Crippen LogP contribution in [0.2, 0.25) is 0 Å². The first-order valence-corrected chi connectivity index (χ1v) is 10.0. The van der Waals surface area contributed by atoms with Crippen LogP contribution < -0.4 is 11.1 Å². The number of nitrogens with zero attached hydrogens (tertiary/aromatic N) is 2. The van der Waals surface area contributed by atoms with E-state index in [9.17, 15) is 27.9 Å². The van der Waals surface area contributed by atoms with Crippen molar-refractivity contribution in [2.24, 2.45) is 5.73 Å². The first kappa shape index (κ1) is 20.0. The van der Waals surface area contributed by atoms with Crippen LogP contribution >= 0.6 is 0 Å². The fourth-order valence-electron chi connectivity index (χ4n) is 3.57. The molecule has 2 amide bonds. The van der Waals surface area contributed by atoms with Gasteiger partial charge in [0, 0.05) is 19.3 Å². The Balaban J connectivity index is 2.22. The van der Waals surface area contributed by atoms with Gasteiger partial charge in [0.2, 0.25) is 0 Å². The Kier molecular flexibility index (Phi) is 4.76. The van der Waals surface area contributed by atoms with E-state index in [1.54, 1.807) is 12.1 Å². The first-order valence-electron chi connectivity index (χ1n) is 8.50. The Hall–Kier alpha value is -2.79. The summed E-state index contributed by atoms with van der Waals surface area (Å²) in [6.45, 7) is 2.78. The molecule has 150 valence electrons. The molecule has 0 spiro atoms. The zero-order valence-corrected chi connectivity index (χ0v) is 16.1. The Morgan fingerprint density at radius 1 is 1.36 bits per heavy atom.